The number of carboxylic acid groups (broad SMARTS) is 1. The van der Waals surface area contributed by atoms with Gasteiger partial charge in [0.2, 0.25) is 0 Å². The largest absolute Gasteiger partial charge is 0.480 e. The van der Waals surface area contributed by atoms with Gasteiger partial charge in [-0.2, -0.15) is 0 Å². The lowest BCUT2D eigenvalue weighted by Crippen LogP contribution is -2.76. The van der Waals surface area contributed by atoms with E-state index < -0.39 is 11.5 Å². The van der Waals surface area contributed by atoms with Gasteiger partial charge < -0.3 is 5.11 Å². The Kier molecular flexibility index (Phi) is 4.43. The Morgan fingerprint density at radius 3 is 2.00 bits per heavy atom. The van der Waals surface area contributed by atoms with E-state index in [4.69, 9.17) is 0 Å². The molecule has 2 saturated heterocycles. The average Bonchev–Trinajstić information content (AvgIpc) is 2.46. The minimum Gasteiger partial charge on any atom is -0.480 e. The molecule has 5 heteroatoms. The normalized spacial score (nSPS) is 43.7. The Labute approximate surface area is 150 Å². The van der Waals surface area contributed by atoms with Crippen LogP contribution in [-0.4, -0.2) is 53.0 Å². The number of rotatable bonds is 3. The first-order valence-electron chi connectivity index (χ1n) is 10.0. The van der Waals surface area contributed by atoms with Crippen LogP contribution in [0, 0.1) is 29.6 Å². The summed E-state index contributed by atoms with van der Waals surface area (Å²) in [6, 6.07) is -0.119. The number of Topliss-reactive ketones (excluding diaryl/α,β-unsaturated/α-hetero) is 1. The molecule has 25 heavy (non-hydrogen) atoms. The molecule has 1 atom stereocenters. The van der Waals surface area contributed by atoms with Crippen LogP contribution in [0.25, 0.3) is 0 Å². The van der Waals surface area contributed by atoms with Crippen molar-refractivity contribution >= 4 is 11.8 Å². The number of carbonyl (C=O) groups is 2. The maximum Gasteiger partial charge on any atom is 0.317 e. The first-order valence-corrected chi connectivity index (χ1v) is 10.0. The highest BCUT2D eigenvalue weighted by Gasteiger charge is 2.62. The van der Waals surface area contributed by atoms with Gasteiger partial charge in [-0.25, -0.2) is 5.32 Å². The summed E-state index contributed by atoms with van der Waals surface area (Å²) in [5, 5.41) is 13.1. The van der Waals surface area contributed by atoms with Gasteiger partial charge in [0.15, 0.2) is 5.78 Å². The van der Waals surface area contributed by atoms with E-state index >= 15 is 0 Å². The Balaban J connectivity index is 0.000000347. The summed E-state index contributed by atoms with van der Waals surface area (Å²) in [5.41, 5.74) is -0.586. The van der Waals surface area contributed by atoms with E-state index in [1.807, 2.05) is 18.7 Å². The number of likely N-dealkylation sites (tertiary alicyclic amines) is 1. The van der Waals surface area contributed by atoms with Crippen LogP contribution in [0.1, 0.15) is 52.4 Å². The predicted octanol–water partition coefficient (Wildman–Crippen LogP) is 2.17. The van der Waals surface area contributed by atoms with Crippen LogP contribution in [-0.2, 0) is 9.59 Å². The maximum atomic E-state index is 12.7. The average molecular weight is 347 g/mol. The summed E-state index contributed by atoms with van der Waals surface area (Å²) < 4.78 is 0. The Morgan fingerprint density at radius 2 is 1.60 bits per heavy atom. The Morgan fingerprint density at radius 1 is 1.12 bits per heavy atom. The minimum atomic E-state index is -0.815. The third kappa shape index (κ3) is 2.93. The Bertz CT molecular complexity index is 523. The lowest BCUT2D eigenvalue weighted by Gasteiger charge is -2.63. The van der Waals surface area contributed by atoms with E-state index in [2.05, 4.69) is 5.32 Å². The van der Waals surface area contributed by atoms with Crippen LogP contribution in [0.2, 0.25) is 0 Å². The van der Waals surface area contributed by atoms with Gasteiger partial charge in [-0.05, 0) is 82.0 Å². The first-order chi connectivity index (χ1) is 11.9. The van der Waals surface area contributed by atoms with Crippen LogP contribution < -0.4 is 5.32 Å². The maximum absolute atomic E-state index is 12.7. The second-order valence-corrected chi connectivity index (χ2v) is 9.42. The molecular formula is C20H31N2O3. The second-order valence-electron chi connectivity index (χ2n) is 9.42. The summed E-state index contributed by atoms with van der Waals surface area (Å²) >= 11 is 0. The van der Waals surface area contributed by atoms with Gasteiger partial charge in [0, 0.05) is 13.1 Å². The molecule has 0 aromatic rings. The van der Waals surface area contributed by atoms with Gasteiger partial charge in [-0.15, -0.1) is 0 Å². The van der Waals surface area contributed by atoms with Crippen molar-refractivity contribution in [3.63, 3.8) is 0 Å². The molecule has 0 aromatic carbocycles. The standard InChI is InChI=1S/C17H25NO3.C3H6N/c1-17(2)16(21)15(18(17)8-13(19)20)14-11-4-9-3-10(6-11)7-12(14)5-9;1-2-4-3-1/h9-12,14-15H,3-8H2,1-2H3,(H,19,20);1-3H2. The number of aliphatic carboxylic acids is 1. The third-order valence-electron chi connectivity index (χ3n) is 7.53. The fraction of sp³-hybridized carbons (Fsp3) is 0.900. The quantitative estimate of drug-likeness (QED) is 0.849. The van der Waals surface area contributed by atoms with Crippen LogP contribution in [0.5, 0.6) is 0 Å². The fourth-order valence-corrected chi connectivity index (χ4v) is 6.39. The van der Waals surface area contributed by atoms with E-state index in [0.717, 1.165) is 24.9 Å². The number of hydrogen-bond donors (Lipinski definition) is 1. The SMILES string of the molecule is C1C[N]C1.CC1(C)C(=O)C(C2C3CC4CC(C3)CC2C4)N1CC(=O)O. The minimum absolute atomic E-state index is 0.00615. The summed E-state index contributed by atoms with van der Waals surface area (Å²) in [6.45, 7) is 6.02. The molecule has 4 bridgehead atoms. The van der Waals surface area contributed by atoms with E-state index in [-0.39, 0.29) is 18.4 Å². The molecule has 1 radical (unpaired) electrons. The van der Waals surface area contributed by atoms with Gasteiger partial charge in [0.05, 0.1) is 18.1 Å². The van der Waals surface area contributed by atoms with E-state index in [1.165, 1.54) is 38.5 Å². The molecule has 1 N–H and O–H groups in total. The lowest BCUT2D eigenvalue weighted by atomic mass is 9.48. The van der Waals surface area contributed by atoms with Gasteiger partial charge in [-0.1, -0.05) is 0 Å². The van der Waals surface area contributed by atoms with Crippen molar-refractivity contribution in [2.24, 2.45) is 29.6 Å². The van der Waals surface area contributed by atoms with Crippen molar-refractivity contribution < 1.29 is 14.7 Å². The molecule has 2 aliphatic heterocycles. The molecule has 4 aliphatic carbocycles. The highest BCUT2D eigenvalue weighted by atomic mass is 16.4. The van der Waals surface area contributed by atoms with Crippen molar-refractivity contribution in [1.29, 1.82) is 0 Å². The van der Waals surface area contributed by atoms with Crippen molar-refractivity contribution in [1.82, 2.24) is 10.2 Å². The molecule has 0 aromatic heterocycles. The zero-order valence-corrected chi connectivity index (χ0v) is 15.5. The highest BCUT2D eigenvalue weighted by Crippen LogP contribution is 2.59. The van der Waals surface area contributed by atoms with Gasteiger partial charge >= 0.3 is 5.97 Å². The molecule has 0 spiro atoms. The molecule has 6 rings (SSSR count). The van der Waals surface area contributed by atoms with E-state index in [9.17, 15) is 14.7 Å². The molecule has 6 aliphatic rings. The smallest absolute Gasteiger partial charge is 0.317 e. The molecule has 2 heterocycles. The zero-order chi connectivity index (χ0) is 17.8. The Hall–Kier alpha value is -0.940. The summed E-state index contributed by atoms with van der Waals surface area (Å²) in [5.74, 6) is 3.01. The van der Waals surface area contributed by atoms with Gasteiger partial charge in [-0.3, -0.25) is 14.5 Å². The number of hydrogen-bond acceptors (Lipinski definition) is 3. The summed E-state index contributed by atoms with van der Waals surface area (Å²) in [6.07, 6.45) is 7.86. The van der Waals surface area contributed by atoms with Crippen molar-refractivity contribution in [2.75, 3.05) is 19.6 Å². The molecule has 139 valence electrons. The predicted molar refractivity (Wildman–Crippen MR) is 94.2 cm³/mol. The molecule has 0 amide bonds. The van der Waals surface area contributed by atoms with Crippen LogP contribution in [0.3, 0.4) is 0 Å². The highest BCUT2D eigenvalue weighted by molar-refractivity contribution is 5.99. The van der Waals surface area contributed by atoms with Gasteiger partial charge in [0.1, 0.15) is 0 Å². The number of carbonyl (C=O) groups excluding carboxylic acids is 1. The van der Waals surface area contributed by atoms with E-state index in [0.29, 0.717) is 17.8 Å². The van der Waals surface area contributed by atoms with E-state index in [1.54, 1.807) is 0 Å². The lowest BCUT2D eigenvalue weighted by molar-refractivity contribution is -0.179. The zero-order valence-electron chi connectivity index (χ0n) is 15.5. The summed E-state index contributed by atoms with van der Waals surface area (Å²) in [7, 11) is 0. The molecule has 1 unspecified atom stereocenters. The number of nitrogens with zero attached hydrogens (tertiary/aromatic N) is 2. The first kappa shape index (κ1) is 17.5. The number of ketones is 1. The van der Waals surface area contributed by atoms with Crippen molar-refractivity contribution in [3.8, 4) is 0 Å². The van der Waals surface area contributed by atoms with Crippen molar-refractivity contribution in [2.45, 2.75) is 64.0 Å². The van der Waals surface area contributed by atoms with Crippen molar-refractivity contribution in [3.05, 3.63) is 0 Å². The molecule has 5 nitrogen and oxygen atoms in total. The summed E-state index contributed by atoms with van der Waals surface area (Å²) in [4.78, 5) is 25.8. The third-order valence-corrected chi connectivity index (χ3v) is 7.53. The molecular weight excluding hydrogens is 316 g/mol. The van der Waals surface area contributed by atoms with Crippen LogP contribution in [0.15, 0.2) is 0 Å². The monoisotopic (exact) mass is 347 g/mol. The fourth-order valence-electron chi connectivity index (χ4n) is 6.39. The topological polar surface area (TPSA) is 71.7 Å². The molecule has 4 saturated carbocycles. The van der Waals surface area contributed by atoms with Crippen LogP contribution >= 0.6 is 0 Å². The van der Waals surface area contributed by atoms with Crippen LogP contribution in [0.4, 0.5) is 0 Å². The number of carboxylic acids is 1. The van der Waals surface area contributed by atoms with Gasteiger partial charge in [0.25, 0.3) is 0 Å². The second kappa shape index (κ2) is 6.34. The molecule has 6 fully saturated rings.